The minimum atomic E-state index is -0.0764. The summed E-state index contributed by atoms with van der Waals surface area (Å²) in [5.41, 5.74) is 2.19. The zero-order chi connectivity index (χ0) is 12.0. The van der Waals surface area contributed by atoms with Crippen molar-refractivity contribution < 1.29 is 4.79 Å². The zero-order valence-corrected chi connectivity index (χ0v) is 10.4. The lowest BCUT2D eigenvalue weighted by Crippen LogP contribution is -2.42. The molecular weight excluding hydrogens is 204 g/mol. The van der Waals surface area contributed by atoms with E-state index in [1.54, 1.807) is 0 Å². The highest BCUT2D eigenvalue weighted by atomic mass is 16.2. The monoisotopic (exact) mass is 228 g/mol. The van der Waals surface area contributed by atoms with Gasteiger partial charge in [-0.1, -0.05) is 6.92 Å². The van der Waals surface area contributed by atoms with Crippen LogP contribution in [0.15, 0.2) is 0 Å². The molecule has 0 aromatic heterocycles. The van der Waals surface area contributed by atoms with Crippen LogP contribution in [0.1, 0.15) is 26.2 Å². The lowest BCUT2D eigenvalue weighted by Gasteiger charge is -2.29. The quantitative estimate of drug-likeness (QED) is 0.397. The van der Waals surface area contributed by atoms with Gasteiger partial charge >= 0.3 is 0 Å². The Labute approximate surface area is 97.9 Å². The van der Waals surface area contributed by atoms with Gasteiger partial charge in [0.15, 0.2) is 0 Å². The predicted molar refractivity (Wildman–Crippen MR) is 64.7 cm³/mol. The van der Waals surface area contributed by atoms with Crippen molar-refractivity contribution in [1.29, 1.82) is 0 Å². The highest BCUT2D eigenvalue weighted by Gasteiger charge is 2.21. The zero-order valence-electron chi connectivity index (χ0n) is 10.4. The number of carbonyl (C=O) groups is 1. The second-order valence-corrected chi connectivity index (χ2v) is 4.53. The number of carbonyl (C=O) groups excluding carboxylic acids is 1. The molecule has 0 bridgehead atoms. The van der Waals surface area contributed by atoms with Crippen molar-refractivity contribution in [3.63, 3.8) is 0 Å². The van der Waals surface area contributed by atoms with Crippen LogP contribution in [0.5, 0.6) is 0 Å². The fourth-order valence-corrected chi connectivity index (χ4v) is 2.29. The lowest BCUT2D eigenvalue weighted by molar-refractivity contribution is -0.121. The molecule has 5 nitrogen and oxygen atoms in total. The van der Waals surface area contributed by atoms with Crippen LogP contribution in [-0.4, -0.2) is 55.0 Å². The standard InChI is InChI=1S/C11H24N4O/c1-3-10-9-14(2)6-4-7-15(10)8-5-11(16)13-12/h10H,3-9,12H2,1-2H3,(H,13,16). The minimum absolute atomic E-state index is 0.0764. The predicted octanol–water partition coefficient (Wildman–Crippen LogP) is -0.217. The van der Waals surface area contributed by atoms with Gasteiger partial charge in [-0.05, 0) is 33.0 Å². The Balaban J connectivity index is 2.44. The van der Waals surface area contributed by atoms with Crippen LogP contribution in [0, 0.1) is 0 Å². The molecule has 94 valence electrons. The molecule has 0 radical (unpaired) electrons. The molecule has 0 saturated carbocycles. The van der Waals surface area contributed by atoms with Crippen LogP contribution in [0.25, 0.3) is 0 Å². The van der Waals surface area contributed by atoms with E-state index >= 15 is 0 Å². The second kappa shape index (κ2) is 6.83. The molecule has 3 N–H and O–H groups in total. The number of likely N-dealkylation sites (N-methyl/N-ethyl adjacent to an activating group) is 1. The van der Waals surface area contributed by atoms with Crippen molar-refractivity contribution in [1.82, 2.24) is 15.2 Å². The van der Waals surface area contributed by atoms with Gasteiger partial charge in [0.1, 0.15) is 0 Å². The maximum atomic E-state index is 11.1. The normalized spacial score (nSPS) is 24.1. The van der Waals surface area contributed by atoms with Crippen LogP contribution < -0.4 is 11.3 Å². The van der Waals surface area contributed by atoms with Gasteiger partial charge in [-0.3, -0.25) is 15.1 Å². The van der Waals surface area contributed by atoms with Crippen molar-refractivity contribution in [2.75, 3.05) is 33.2 Å². The Bertz CT molecular complexity index is 222. The number of hydrogen-bond donors (Lipinski definition) is 2. The van der Waals surface area contributed by atoms with Gasteiger partial charge in [-0.15, -0.1) is 0 Å². The Kier molecular flexibility index (Phi) is 5.73. The van der Waals surface area contributed by atoms with E-state index in [2.05, 4.69) is 29.2 Å². The molecule has 1 rings (SSSR count). The van der Waals surface area contributed by atoms with Crippen molar-refractivity contribution in [2.45, 2.75) is 32.2 Å². The average molecular weight is 228 g/mol. The van der Waals surface area contributed by atoms with Crippen LogP contribution in [0.4, 0.5) is 0 Å². The van der Waals surface area contributed by atoms with Gasteiger partial charge < -0.3 is 4.90 Å². The molecule has 0 spiro atoms. The number of amides is 1. The van der Waals surface area contributed by atoms with Gasteiger partial charge in [-0.25, -0.2) is 5.84 Å². The van der Waals surface area contributed by atoms with Crippen LogP contribution in [0.3, 0.4) is 0 Å². The molecule has 1 saturated heterocycles. The first kappa shape index (κ1) is 13.4. The summed E-state index contributed by atoms with van der Waals surface area (Å²) in [6.07, 6.45) is 2.81. The van der Waals surface area contributed by atoms with Crippen molar-refractivity contribution in [2.24, 2.45) is 5.84 Å². The molecule has 1 aliphatic rings. The summed E-state index contributed by atoms with van der Waals surface area (Å²) in [6, 6.07) is 0.568. The first-order valence-corrected chi connectivity index (χ1v) is 6.09. The largest absolute Gasteiger partial charge is 0.305 e. The number of nitrogens with one attached hydrogen (secondary N) is 1. The lowest BCUT2D eigenvalue weighted by atomic mass is 10.1. The van der Waals surface area contributed by atoms with E-state index < -0.39 is 0 Å². The van der Waals surface area contributed by atoms with Gasteiger partial charge in [-0.2, -0.15) is 0 Å². The molecule has 1 amide bonds. The SMILES string of the molecule is CCC1CN(C)CCCN1CCC(=O)NN. The summed E-state index contributed by atoms with van der Waals surface area (Å²) < 4.78 is 0. The summed E-state index contributed by atoms with van der Waals surface area (Å²) in [4.78, 5) is 15.9. The van der Waals surface area contributed by atoms with E-state index in [0.29, 0.717) is 12.5 Å². The molecule has 0 aromatic rings. The van der Waals surface area contributed by atoms with Crippen molar-refractivity contribution in [3.8, 4) is 0 Å². The number of nitrogens with zero attached hydrogens (tertiary/aromatic N) is 2. The van der Waals surface area contributed by atoms with Crippen molar-refractivity contribution >= 4 is 5.91 Å². The van der Waals surface area contributed by atoms with Gasteiger partial charge in [0.2, 0.25) is 5.91 Å². The molecule has 1 atom stereocenters. The van der Waals surface area contributed by atoms with E-state index in [9.17, 15) is 4.79 Å². The minimum Gasteiger partial charge on any atom is -0.305 e. The third kappa shape index (κ3) is 4.08. The maximum absolute atomic E-state index is 11.1. The van der Waals surface area contributed by atoms with Crippen molar-refractivity contribution in [3.05, 3.63) is 0 Å². The molecule has 0 aliphatic carbocycles. The smallest absolute Gasteiger partial charge is 0.235 e. The Morgan fingerprint density at radius 3 is 2.88 bits per heavy atom. The Morgan fingerprint density at radius 1 is 1.50 bits per heavy atom. The topological polar surface area (TPSA) is 61.6 Å². The van der Waals surface area contributed by atoms with E-state index in [1.165, 1.54) is 6.42 Å². The van der Waals surface area contributed by atoms with Crippen LogP contribution in [-0.2, 0) is 4.79 Å². The molecule has 16 heavy (non-hydrogen) atoms. The summed E-state index contributed by atoms with van der Waals surface area (Å²) >= 11 is 0. The molecule has 1 unspecified atom stereocenters. The molecule has 1 aliphatic heterocycles. The van der Waals surface area contributed by atoms with Gasteiger partial charge in [0.25, 0.3) is 0 Å². The first-order valence-electron chi connectivity index (χ1n) is 6.09. The molecule has 1 fully saturated rings. The van der Waals surface area contributed by atoms with Crippen LogP contribution >= 0.6 is 0 Å². The molecule has 0 aromatic carbocycles. The fourth-order valence-electron chi connectivity index (χ4n) is 2.29. The summed E-state index contributed by atoms with van der Waals surface area (Å²) in [6.45, 7) is 6.35. The van der Waals surface area contributed by atoms with E-state index in [1.807, 2.05) is 0 Å². The third-order valence-electron chi connectivity index (χ3n) is 3.28. The van der Waals surface area contributed by atoms with E-state index in [0.717, 1.165) is 32.6 Å². The highest BCUT2D eigenvalue weighted by molar-refractivity contribution is 5.75. The maximum Gasteiger partial charge on any atom is 0.235 e. The molecule has 1 heterocycles. The average Bonchev–Trinajstić information content (AvgIpc) is 2.47. The van der Waals surface area contributed by atoms with Gasteiger partial charge in [0, 0.05) is 25.6 Å². The Hall–Kier alpha value is -0.650. The Morgan fingerprint density at radius 2 is 2.25 bits per heavy atom. The van der Waals surface area contributed by atoms with Crippen LogP contribution in [0.2, 0.25) is 0 Å². The van der Waals surface area contributed by atoms with E-state index in [-0.39, 0.29) is 5.91 Å². The summed E-state index contributed by atoms with van der Waals surface area (Å²) in [5.74, 6) is 5.01. The van der Waals surface area contributed by atoms with Gasteiger partial charge in [0.05, 0.1) is 0 Å². The number of hydrogen-bond acceptors (Lipinski definition) is 4. The third-order valence-corrected chi connectivity index (χ3v) is 3.28. The second-order valence-electron chi connectivity index (χ2n) is 4.53. The summed E-state index contributed by atoms with van der Waals surface area (Å²) in [5, 5.41) is 0. The number of hydrazine groups is 1. The fraction of sp³-hybridized carbons (Fsp3) is 0.909. The number of nitrogens with two attached hydrogens (primary N) is 1. The highest BCUT2D eigenvalue weighted by Crippen LogP contribution is 2.12. The molecule has 5 heteroatoms. The van der Waals surface area contributed by atoms with E-state index in [4.69, 9.17) is 5.84 Å². The summed E-state index contributed by atoms with van der Waals surface area (Å²) in [7, 11) is 2.17. The number of rotatable bonds is 4. The molecular formula is C11H24N4O. The first-order chi connectivity index (χ1) is 7.67.